The van der Waals surface area contributed by atoms with Crippen LogP contribution in [0.2, 0.25) is 0 Å². The van der Waals surface area contributed by atoms with Gasteiger partial charge >= 0.3 is 0 Å². The lowest BCUT2D eigenvalue weighted by atomic mass is 9.95. The van der Waals surface area contributed by atoms with E-state index in [-0.39, 0.29) is 12.1 Å². The largest absolute Gasteiger partial charge is 0.394 e. The maximum absolute atomic E-state index is 9.43. The lowest BCUT2D eigenvalue weighted by Gasteiger charge is -2.29. The summed E-state index contributed by atoms with van der Waals surface area (Å²) in [7, 11) is 0. The highest BCUT2D eigenvalue weighted by Gasteiger charge is 2.23. The Bertz CT molecular complexity index is 223. The summed E-state index contributed by atoms with van der Waals surface area (Å²) in [6.07, 6.45) is 7.61. The van der Waals surface area contributed by atoms with Gasteiger partial charge in [0.1, 0.15) is 0 Å². The van der Waals surface area contributed by atoms with Crippen LogP contribution in [0.25, 0.3) is 0 Å². The van der Waals surface area contributed by atoms with Crippen LogP contribution in [-0.4, -0.2) is 47.8 Å². The molecular weight excluding hydrogens is 224 g/mol. The van der Waals surface area contributed by atoms with Crippen LogP contribution in [0.15, 0.2) is 0 Å². The van der Waals surface area contributed by atoms with E-state index in [4.69, 9.17) is 0 Å². The molecule has 3 heteroatoms. The summed E-state index contributed by atoms with van der Waals surface area (Å²) in [5.41, 5.74) is -0.0794. The predicted molar refractivity (Wildman–Crippen MR) is 77.9 cm³/mol. The number of hydrogen-bond donors (Lipinski definition) is 2. The fraction of sp³-hybridized carbons (Fsp3) is 1.00. The lowest BCUT2D eigenvalue weighted by Crippen LogP contribution is -2.45. The molecule has 1 rings (SSSR count). The molecule has 3 nitrogen and oxygen atoms in total. The molecule has 0 spiro atoms. The van der Waals surface area contributed by atoms with Gasteiger partial charge in [0.15, 0.2) is 0 Å². The summed E-state index contributed by atoms with van der Waals surface area (Å²) < 4.78 is 0. The van der Waals surface area contributed by atoms with E-state index >= 15 is 0 Å². The van der Waals surface area contributed by atoms with Gasteiger partial charge in [0.2, 0.25) is 0 Å². The van der Waals surface area contributed by atoms with Crippen LogP contribution in [0, 0.1) is 0 Å². The molecule has 1 fully saturated rings. The zero-order valence-electron chi connectivity index (χ0n) is 12.5. The Hall–Kier alpha value is -0.120. The average molecular weight is 256 g/mol. The molecule has 18 heavy (non-hydrogen) atoms. The maximum Gasteiger partial charge on any atom is 0.0610 e. The molecule has 2 N–H and O–H groups in total. The van der Waals surface area contributed by atoms with Gasteiger partial charge in [-0.15, -0.1) is 0 Å². The zero-order chi connectivity index (χ0) is 13.4. The first kappa shape index (κ1) is 15.9. The fourth-order valence-electron chi connectivity index (χ4n) is 3.13. The van der Waals surface area contributed by atoms with Crippen molar-refractivity contribution in [2.45, 2.75) is 70.9 Å². The lowest BCUT2D eigenvalue weighted by molar-refractivity contribution is 0.161. The van der Waals surface area contributed by atoms with Gasteiger partial charge in [-0.3, -0.25) is 0 Å². The molecule has 108 valence electrons. The summed E-state index contributed by atoms with van der Waals surface area (Å²) in [5, 5.41) is 12.8. The van der Waals surface area contributed by atoms with Crippen LogP contribution in [0.4, 0.5) is 0 Å². The van der Waals surface area contributed by atoms with Crippen LogP contribution in [-0.2, 0) is 0 Å². The van der Waals surface area contributed by atoms with Crippen molar-refractivity contribution in [3.63, 3.8) is 0 Å². The van der Waals surface area contributed by atoms with Gasteiger partial charge in [0.05, 0.1) is 6.61 Å². The highest BCUT2D eigenvalue weighted by Crippen LogP contribution is 2.21. The highest BCUT2D eigenvalue weighted by molar-refractivity contribution is 4.82. The Labute approximate surface area is 113 Å². The third kappa shape index (κ3) is 4.87. The third-order valence-corrected chi connectivity index (χ3v) is 4.35. The molecule has 0 bridgehead atoms. The number of likely N-dealkylation sites (tertiary alicyclic amines) is 1. The molecule has 1 aliphatic rings. The molecule has 1 saturated heterocycles. The first-order valence-corrected chi connectivity index (χ1v) is 7.75. The Morgan fingerprint density at radius 2 is 2.11 bits per heavy atom. The molecule has 2 unspecified atom stereocenters. The molecule has 2 atom stereocenters. The zero-order valence-corrected chi connectivity index (χ0v) is 12.5. The van der Waals surface area contributed by atoms with E-state index < -0.39 is 0 Å². The van der Waals surface area contributed by atoms with Crippen LogP contribution >= 0.6 is 0 Å². The Balaban J connectivity index is 2.17. The van der Waals surface area contributed by atoms with E-state index in [9.17, 15) is 5.11 Å². The van der Waals surface area contributed by atoms with E-state index in [0.717, 1.165) is 19.0 Å². The number of rotatable bonds is 9. The van der Waals surface area contributed by atoms with Gasteiger partial charge < -0.3 is 15.3 Å². The first-order valence-electron chi connectivity index (χ1n) is 7.75. The van der Waals surface area contributed by atoms with Crippen LogP contribution in [0.1, 0.15) is 59.3 Å². The van der Waals surface area contributed by atoms with Crippen molar-refractivity contribution in [3.8, 4) is 0 Å². The number of nitrogens with zero attached hydrogens (tertiary/aromatic N) is 1. The summed E-state index contributed by atoms with van der Waals surface area (Å²) in [4.78, 5) is 2.66. The van der Waals surface area contributed by atoms with Crippen molar-refractivity contribution < 1.29 is 5.11 Å². The van der Waals surface area contributed by atoms with Crippen molar-refractivity contribution in [3.05, 3.63) is 0 Å². The molecule has 1 heterocycles. The molecular formula is C15H32N2O. The van der Waals surface area contributed by atoms with Crippen LogP contribution < -0.4 is 5.32 Å². The number of unbranched alkanes of at least 4 members (excludes halogenated alkanes) is 1. The number of aliphatic hydroxyl groups is 1. The number of hydrogen-bond acceptors (Lipinski definition) is 3. The number of nitrogens with one attached hydrogen (secondary N) is 1. The van der Waals surface area contributed by atoms with E-state index in [1.165, 1.54) is 45.2 Å². The van der Waals surface area contributed by atoms with Crippen molar-refractivity contribution in [2.75, 3.05) is 26.2 Å². The minimum Gasteiger partial charge on any atom is -0.394 e. The molecule has 0 saturated carbocycles. The second-order valence-electron chi connectivity index (χ2n) is 5.95. The first-order chi connectivity index (χ1) is 8.65. The standard InChI is InChI=1S/C15H32N2O/c1-4-14-9-8-12-17(14)11-7-6-10-15(3,13-18)16-5-2/h14,16,18H,4-13H2,1-3H3. The molecule has 1 aliphatic heterocycles. The Kier molecular flexibility index (Phi) is 7.20. The normalized spacial score (nSPS) is 24.3. The summed E-state index contributed by atoms with van der Waals surface area (Å²) in [5.74, 6) is 0. The molecule has 0 radical (unpaired) electrons. The van der Waals surface area contributed by atoms with Gasteiger partial charge in [-0.05, 0) is 58.7 Å². The third-order valence-electron chi connectivity index (χ3n) is 4.35. The van der Waals surface area contributed by atoms with Gasteiger partial charge in [-0.1, -0.05) is 20.3 Å². The minimum absolute atomic E-state index is 0.0794. The quantitative estimate of drug-likeness (QED) is 0.622. The van der Waals surface area contributed by atoms with Crippen LogP contribution in [0.5, 0.6) is 0 Å². The highest BCUT2D eigenvalue weighted by atomic mass is 16.3. The van der Waals surface area contributed by atoms with Gasteiger partial charge in [-0.25, -0.2) is 0 Å². The Morgan fingerprint density at radius 3 is 2.72 bits per heavy atom. The molecule has 0 aromatic rings. The van der Waals surface area contributed by atoms with Crippen molar-refractivity contribution in [1.82, 2.24) is 10.2 Å². The number of likely N-dealkylation sites (N-methyl/N-ethyl adjacent to an activating group) is 1. The summed E-state index contributed by atoms with van der Waals surface area (Å²) in [6, 6.07) is 0.836. The Morgan fingerprint density at radius 1 is 1.33 bits per heavy atom. The summed E-state index contributed by atoms with van der Waals surface area (Å²) >= 11 is 0. The van der Waals surface area contributed by atoms with Crippen molar-refractivity contribution >= 4 is 0 Å². The second kappa shape index (κ2) is 8.13. The van der Waals surface area contributed by atoms with Gasteiger partial charge in [0.25, 0.3) is 0 Å². The van der Waals surface area contributed by atoms with Gasteiger partial charge in [-0.2, -0.15) is 0 Å². The van der Waals surface area contributed by atoms with E-state index in [0.29, 0.717) is 0 Å². The maximum atomic E-state index is 9.43. The number of aliphatic hydroxyl groups excluding tert-OH is 1. The second-order valence-corrected chi connectivity index (χ2v) is 5.95. The monoisotopic (exact) mass is 256 g/mol. The molecule has 0 aromatic heterocycles. The predicted octanol–water partition coefficient (Wildman–Crippen LogP) is 2.39. The van der Waals surface area contributed by atoms with Crippen LogP contribution in [0.3, 0.4) is 0 Å². The molecule has 0 aliphatic carbocycles. The minimum atomic E-state index is -0.0794. The summed E-state index contributed by atoms with van der Waals surface area (Å²) in [6.45, 7) is 10.2. The molecule has 0 amide bonds. The average Bonchev–Trinajstić information content (AvgIpc) is 2.82. The van der Waals surface area contributed by atoms with E-state index in [1.807, 2.05) is 0 Å². The van der Waals surface area contributed by atoms with Crippen molar-refractivity contribution in [2.24, 2.45) is 0 Å². The fourth-order valence-corrected chi connectivity index (χ4v) is 3.13. The topological polar surface area (TPSA) is 35.5 Å². The SMILES string of the molecule is CCNC(C)(CO)CCCCN1CCCC1CC. The van der Waals surface area contributed by atoms with Crippen molar-refractivity contribution in [1.29, 1.82) is 0 Å². The molecule has 0 aromatic carbocycles. The van der Waals surface area contributed by atoms with Gasteiger partial charge in [0, 0.05) is 11.6 Å². The van der Waals surface area contributed by atoms with E-state index in [1.54, 1.807) is 0 Å². The van der Waals surface area contributed by atoms with E-state index in [2.05, 4.69) is 31.0 Å². The smallest absolute Gasteiger partial charge is 0.0610 e.